The Labute approximate surface area is 175 Å². The van der Waals surface area contributed by atoms with E-state index in [0.717, 1.165) is 20.5 Å². The molecule has 3 rings (SSSR count). The Hall–Kier alpha value is -2.51. The minimum atomic E-state index is -0.302. The summed E-state index contributed by atoms with van der Waals surface area (Å²) in [5.41, 5.74) is 2.49. The number of halogens is 2. The van der Waals surface area contributed by atoms with Gasteiger partial charge in [0.2, 0.25) is 5.91 Å². The zero-order valence-corrected chi connectivity index (χ0v) is 17.7. The van der Waals surface area contributed by atoms with Crippen LogP contribution in [-0.4, -0.2) is 30.3 Å². The highest BCUT2D eigenvalue weighted by atomic mass is 79.9. The molecule has 3 aromatic rings. The lowest BCUT2D eigenvalue weighted by molar-refractivity contribution is -0.116. The maximum Gasteiger partial charge on any atom is 0.264 e. The number of nitrogens with zero attached hydrogens (tertiary/aromatic N) is 1. The number of likely N-dealkylation sites (N-methyl/N-ethyl adjacent to an activating group) is 1. The minimum Gasteiger partial charge on any atom is -0.332 e. The standard InChI is InChI=1S/C21H18BrFN2O2S/c1-13-11-15(22)5-8-17(13)24-20(26)12-25(2)21(27)19-10-9-18(28-19)14-3-6-16(23)7-4-14/h3-11H,12H2,1-2H3,(H,24,26). The van der Waals surface area contributed by atoms with Crippen LogP contribution in [0.4, 0.5) is 10.1 Å². The van der Waals surface area contributed by atoms with E-state index >= 15 is 0 Å². The van der Waals surface area contributed by atoms with Crippen molar-refractivity contribution in [2.45, 2.75) is 6.92 Å². The van der Waals surface area contributed by atoms with Crippen molar-refractivity contribution in [1.29, 1.82) is 0 Å². The maximum atomic E-state index is 13.1. The van der Waals surface area contributed by atoms with E-state index in [1.165, 1.54) is 28.4 Å². The average Bonchev–Trinajstić information content (AvgIpc) is 3.14. The summed E-state index contributed by atoms with van der Waals surface area (Å²) in [6.45, 7) is 1.84. The molecule has 28 heavy (non-hydrogen) atoms. The van der Waals surface area contributed by atoms with Crippen LogP contribution in [0.1, 0.15) is 15.2 Å². The molecule has 7 heteroatoms. The lowest BCUT2D eigenvalue weighted by Crippen LogP contribution is -2.34. The van der Waals surface area contributed by atoms with Gasteiger partial charge in [-0.3, -0.25) is 9.59 Å². The molecule has 0 saturated carbocycles. The van der Waals surface area contributed by atoms with E-state index in [1.54, 1.807) is 25.2 Å². The average molecular weight is 461 g/mol. The molecule has 0 aliphatic carbocycles. The van der Waals surface area contributed by atoms with Crippen LogP contribution >= 0.6 is 27.3 Å². The summed E-state index contributed by atoms with van der Waals surface area (Å²) in [7, 11) is 1.59. The summed E-state index contributed by atoms with van der Waals surface area (Å²) in [5, 5.41) is 2.83. The predicted octanol–water partition coefficient (Wildman–Crippen LogP) is 5.34. The van der Waals surface area contributed by atoms with E-state index in [-0.39, 0.29) is 24.2 Å². The Morgan fingerprint density at radius 3 is 2.50 bits per heavy atom. The van der Waals surface area contributed by atoms with Gasteiger partial charge in [-0.15, -0.1) is 11.3 Å². The molecular formula is C21H18BrFN2O2S. The highest BCUT2D eigenvalue weighted by Gasteiger charge is 2.18. The molecule has 0 atom stereocenters. The van der Waals surface area contributed by atoms with E-state index in [9.17, 15) is 14.0 Å². The Bertz CT molecular complexity index is 1020. The number of benzene rings is 2. The normalized spacial score (nSPS) is 10.6. The molecule has 0 aliphatic rings. The van der Waals surface area contributed by atoms with E-state index in [2.05, 4.69) is 21.2 Å². The third-order valence-corrected chi connectivity index (χ3v) is 5.75. The van der Waals surface area contributed by atoms with Gasteiger partial charge in [0.1, 0.15) is 5.82 Å². The Morgan fingerprint density at radius 1 is 1.11 bits per heavy atom. The number of carbonyl (C=O) groups is 2. The van der Waals surface area contributed by atoms with Crippen LogP contribution in [0.3, 0.4) is 0 Å². The summed E-state index contributed by atoms with van der Waals surface area (Å²) in [6.07, 6.45) is 0. The molecule has 0 fully saturated rings. The number of thiophene rings is 1. The SMILES string of the molecule is Cc1cc(Br)ccc1NC(=O)CN(C)C(=O)c1ccc(-c2ccc(F)cc2)s1. The molecule has 4 nitrogen and oxygen atoms in total. The maximum absolute atomic E-state index is 13.1. The van der Waals surface area contributed by atoms with E-state index in [4.69, 9.17) is 0 Å². The van der Waals surface area contributed by atoms with Crippen LogP contribution in [0, 0.1) is 12.7 Å². The second kappa shape index (κ2) is 8.67. The smallest absolute Gasteiger partial charge is 0.264 e. The number of carbonyl (C=O) groups excluding carboxylic acids is 2. The molecule has 0 saturated heterocycles. The van der Waals surface area contributed by atoms with Crippen LogP contribution in [0.25, 0.3) is 10.4 Å². The number of hydrogen-bond donors (Lipinski definition) is 1. The first-order valence-electron chi connectivity index (χ1n) is 8.51. The van der Waals surface area contributed by atoms with E-state index in [1.807, 2.05) is 31.2 Å². The van der Waals surface area contributed by atoms with Gasteiger partial charge in [0.05, 0.1) is 11.4 Å². The van der Waals surface area contributed by atoms with Crippen LogP contribution in [0.2, 0.25) is 0 Å². The predicted molar refractivity (Wildman–Crippen MR) is 114 cm³/mol. The highest BCUT2D eigenvalue weighted by molar-refractivity contribution is 9.10. The first-order valence-corrected chi connectivity index (χ1v) is 10.1. The van der Waals surface area contributed by atoms with Crippen molar-refractivity contribution in [3.63, 3.8) is 0 Å². The molecule has 0 spiro atoms. The third kappa shape index (κ3) is 4.85. The van der Waals surface area contributed by atoms with Gasteiger partial charge in [0.25, 0.3) is 5.91 Å². The molecule has 0 aliphatic heterocycles. The van der Waals surface area contributed by atoms with Gasteiger partial charge in [-0.05, 0) is 60.5 Å². The zero-order chi connectivity index (χ0) is 20.3. The topological polar surface area (TPSA) is 49.4 Å². The van der Waals surface area contributed by atoms with E-state index in [0.29, 0.717) is 10.6 Å². The van der Waals surface area contributed by atoms with Crippen LogP contribution in [-0.2, 0) is 4.79 Å². The summed E-state index contributed by atoms with van der Waals surface area (Å²) in [6, 6.07) is 15.2. The number of amides is 2. The molecule has 0 radical (unpaired) electrons. The summed E-state index contributed by atoms with van der Waals surface area (Å²) < 4.78 is 14.0. The van der Waals surface area contributed by atoms with Gasteiger partial charge in [-0.25, -0.2) is 4.39 Å². The number of aryl methyl sites for hydroxylation is 1. The van der Waals surface area contributed by atoms with Crippen LogP contribution in [0.5, 0.6) is 0 Å². The van der Waals surface area contributed by atoms with Crippen molar-refractivity contribution in [3.8, 4) is 10.4 Å². The van der Waals surface area contributed by atoms with Gasteiger partial charge < -0.3 is 10.2 Å². The quantitative estimate of drug-likeness (QED) is 0.558. The van der Waals surface area contributed by atoms with Crippen molar-refractivity contribution in [2.24, 2.45) is 0 Å². The van der Waals surface area contributed by atoms with Crippen molar-refractivity contribution >= 4 is 44.8 Å². The fourth-order valence-electron chi connectivity index (χ4n) is 2.65. The third-order valence-electron chi connectivity index (χ3n) is 4.14. The van der Waals surface area contributed by atoms with Crippen molar-refractivity contribution in [3.05, 3.63) is 75.3 Å². The lowest BCUT2D eigenvalue weighted by atomic mass is 10.2. The molecule has 144 valence electrons. The van der Waals surface area contributed by atoms with Crippen molar-refractivity contribution in [1.82, 2.24) is 4.90 Å². The summed E-state index contributed by atoms with van der Waals surface area (Å²) in [4.78, 5) is 27.7. The van der Waals surface area contributed by atoms with Gasteiger partial charge in [-0.2, -0.15) is 0 Å². The number of nitrogens with one attached hydrogen (secondary N) is 1. The van der Waals surface area contributed by atoms with Crippen LogP contribution in [0.15, 0.2) is 59.1 Å². The molecule has 1 N–H and O–H groups in total. The minimum absolute atomic E-state index is 0.0574. The van der Waals surface area contributed by atoms with Crippen molar-refractivity contribution in [2.75, 3.05) is 18.9 Å². The van der Waals surface area contributed by atoms with E-state index < -0.39 is 0 Å². The zero-order valence-electron chi connectivity index (χ0n) is 15.3. The number of rotatable bonds is 5. The Morgan fingerprint density at radius 2 is 1.82 bits per heavy atom. The summed E-state index contributed by atoms with van der Waals surface area (Å²) >= 11 is 4.70. The first kappa shape index (κ1) is 20.2. The molecule has 2 amide bonds. The number of hydrogen-bond acceptors (Lipinski definition) is 3. The highest BCUT2D eigenvalue weighted by Crippen LogP contribution is 2.29. The molecule has 0 bridgehead atoms. The first-order chi connectivity index (χ1) is 13.3. The van der Waals surface area contributed by atoms with Gasteiger partial charge >= 0.3 is 0 Å². The molecular weight excluding hydrogens is 443 g/mol. The molecule has 0 unspecified atom stereocenters. The molecule has 2 aromatic carbocycles. The second-order valence-electron chi connectivity index (χ2n) is 6.34. The fraction of sp³-hybridized carbons (Fsp3) is 0.143. The molecule has 1 heterocycles. The lowest BCUT2D eigenvalue weighted by Gasteiger charge is -2.16. The number of anilines is 1. The monoisotopic (exact) mass is 460 g/mol. The second-order valence-corrected chi connectivity index (χ2v) is 8.34. The molecule has 1 aromatic heterocycles. The fourth-order valence-corrected chi connectivity index (χ4v) is 4.14. The van der Waals surface area contributed by atoms with Gasteiger partial charge in [0.15, 0.2) is 0 Å². The van der Waals surface area contributed by atoms with Gasteiger partial charge in [-0.1, -0.05) is 28.1 Å². The largest absolute Gasteiger partial charge is 0.332 e. The van der Waals surface area contributed by atoms with Crippen LogP contribution < -0.4 is 5.32 Å². The summed E-state index contributed by atoms with van der Waals surface area (Å²) in [5.74, 6) is -0.805. The Balaban J connectivity index is 1.64. The van der Waals surface area contributed by atoms with Crippen molar-refractivity contribution < 1.29 is 14.0 Å². The van der Waals surface area contributed by atoms with Gasteiger partial charge in [0, 0.05) is 22.1 Å². The Kier molecular flexibility index (Phi) is 6.26.